The number of amides is 1. The molecule has 126 valence electrons. The van der Waals surface area contributed by atoms with Crippen molar-refractivity contribution in [2.75, 3.05) is 5.32 Å². The van der Waals surface area contributed by atoms with E-state index in [-0.39, 0.29) is 11.3 Å². The Morgan fingerprint density at radius 3 is 2.56 bits per heavy atom. The molecule has 7 heteroatoms. The molecule has 3 aromatic rings. The molecule has 7 nitrogen and oxygen atoms in total. The van der Waals surface area contributed by atoms with Crippen LogP contribution in [0.15, 0.2) is 54.6 Å². The topological polar surface area (TPSA) is 90.1 Å². The predicted octanol–water partition coefficient (Wildman–Crippen LogP) is 3.65. The number of nitrogens with zero attached hydrogens (tertiary/aromatic N) is 3. The second-order valence-corrected chi connectivity index (χ2v) is 5.65. The van der Waals surface area contributed by atoms with Crippen molar-refractivity contribution in [3.63, 3.8) is 0 Å². The summed E-state index contributed by atoms with van der Waals surface area (Å²) in [5.41, 5.74) is 3.40. The molecule has 0 spiro atoms. The highest BCUT2D eigenvalue weighted by molar-refractivity contribution is 6.04. The van der Waals surface area contributed by atoms with Crippen molar-refractivity contribution in [3.8, 4) is 5.69 Å². The Bertz CT molecular complexity index is 962. The van der Waals surface area contributed by atoms with Crippen LogP contribution in [-0.2, 0) is 0 Å². The number of nitrogens with one attached hydrogen (secondary N) is 1. The van der Waals surface area contributed by atoms with E-state index < -0.39 is 10.8 Å². The van der Waals surface area contributed by atoms with Crippen LogP contribution >= 0.6 is 0 Å². The Morgan fingerprint density at radius 1 is 1.12 bits per heavy atom. The highest BCUT2D eigenvalue weighted by atomic mass is 16.6. The minimum atomic E-state index is -0.528. The number of aromatic nitrogens is 2. The monoisotopic (exact) mass is 336 g/mol. The number of benzene rings is 2. The van der Waals surface area contributed by atoms with Gasteiger partial charge in [0, 0.05) is 29.1 Å². The lowest BCUT2D eigenvalue weighted by atomic mass is 10.2. The number of non-ortho nitro benzene ring substituents is 1. The van der Waals surface area contributed by atoms with Gasteiger partial charge >= 0.3 is 0 Å². The first-order valence-electron chi connectivity index (χ1n) is 7.63. The molecule has 0 unspecified atom stereocenters. The molecule has 2 aromatic carbocycles. The Hall–Kier alpha value is -3.48. The maximum atomic E-state index is 12.4. The number of anilines is 1. The summed E-state index contributed by atoms with van der Waals surface area (Å²) < 4.78 is 1.79. The van der Waals surface area contributed by atoms with Crippen LogP contribution in [0, 0.1) is 24.0 Å². The number of aryl methyl sites for hydroxylation is 2. The van der Waals surface area contributed by atoms with Gasteiger partial charge in [-0.15, -0.1) is 0 Å². The molecular formula is C18H16N4O3. The van der Waals surface area contributed by atoms with Gasteiger partial charge in [0.2, 0.25) is 0 Å². The molecule has 0 aliphatic carbocycles. The van der Waals surface area contributed by atoms with Crippen molar-refractivity contribution < 1.29 is 9.72 Å². The molecular weight excluding hydrogens is 320 g/mol. The first-order chi connectivity index (χ1) is 11.9. The lowest BCUT2D eigenvalue weighted by molar-refractivity contribution is -0.384. The van der Waals surface area contributed by atoms with Gasteiger partial charge in [-0.1, -0.05) is 12.1 Å². The number of hydrogen-bond donors (Lipinski definition) is 1. The lowest BCUT2D eigenvalue weighted by Gasteiger charge is -2.09. The smallest absolute Gasteiger partial charge is 0.270 e. The zero-order chi connectivity index (χ0) is 18.0. The van der Waals surface area contributed by atoms with E-state index in [1.54, 1.807) is 16.8 Å². The largest absolute Gasteiger partial charge is 0.322 e. The molecule has 1 heterocycles. The van der Waals surface area contributed by atoms with E-state index in [4.69, 9.17) is 0 Å². The van der Waals surface area contributed by atoms with Crippen molar-refractivity contribution in [3.05, 3.63) is 81.7 Å². The molecule has 25 heavy (non-hydrogen) atoms. The van der Waals surface area contributed by atoms with Crippen molar-refractivity contribution in [2.24, 2.45) is 0 Å². The molecule has 0 aliphatic rings. The van der Waals surface area contributed by atoms with Gasteiger partial charge in [0.1, 0.15) is 0 Å². The first-order valence-corrected chi connectivity index (χ1v) is 7.63. The van der Waals surface area contributed by atoms with Crippen LogP contribution in [0.1, 0.15) is 21.7 Å². The van der Waals surface area contributed by atoms with E-state index in [0.717, 1.165) is 17.1 Å². The third kappa shape index (κ3) is 3.55. The fourth-order valence-electron chi connectivity index (χ4n) is 2.57. The van der Waals surface area contributed by atoms with Gasteiger partial charge in [0.15, 0.2) is 0 Å². The molecule has 0 radical (unpaired) electrons. The van der Waals surface area contributed by atoms with Crippen molar-refractivity contribution in [1.29, 1.82) is 0 Å². The number of carbonyl (C=O) groups is 1. The molecule has 1 aromatic heterocycles. The molecule has 3 rings (SSSR count). The van der Waals surface area contributed by atoms with Crippen molar-refractivity contribution >= 4 is 17.3 Å². The third-order valence-electron chi connectivity index (χ3n) is 3.68. The fraction of sp³-hybridized carbons (Fsp3) is 0.111. The number of rotatable bonds is 4. The zero-order valence-corrected chi connectivity index (χ0v) is 13.8. The van der Waals surface area contributed by atoms with Crippen LogP contribution in [0.2, 0.25) is 0 Å². The molecule has 0 aliphatic heterocycles. The third-order valence-corrected chi connectivity index (χ3v) is 3.68. The number of hydrogen-bond acceptors (Lipinski definition) is 4. The second-order valence-electron chi connectivity index (χ2n) is 5.65. The van der Waals surface area contributed by atoms with Crippen LogP contribution in [0.5, 0.6) is 0 Å². The average Bonchev–Trinajstić information content (AvgIpc) is 2.93. The van der Waals surface area contributed by atoms with Crippen molar-refractivity contribution in [1.82, 2.24) is 9.78 Å². The van der Waals surface area contributed by atoms with Crippen LogP contribution in [0.3, 0.4) is 0 Å². The van der Waals surface area contributed by atoms with E-state index in [0.29, 0.717) is 5.69 Å². The second kappa shape index (κ2) is 6.56. The minimum absolute atomic E-state index is 0.121. The Labute approximate surface area is 144 Å². The predicted molar refractivity (Wildman–Crippen MR) is 94.1 cm³/mol. The number of nitro groups is 1. The Kier molecular flexibility index (Phi) is 4.30. The van der Waals surface area contributed by atoms with Gasteiger partial charge in [0.05, 0.1) is 16.3 Å². The van der Waals surface area contributed by atoms with Gasteiger partial charge in [0.25, 0.3) is 11.6 Å². The van der Waals surface area contributed by atoms with E-state index in [1.807, 2.05) is 32.0 Å². The normalized spacial score (nSPS) is 10.5. The maximum absolute atomic E-state index is 12.4. The molecule has 0 fully saturated rings. The SMILES string of the molecule is Cc1cc(C)n(-c2cccc(NC(=O)c3cccc([N+](=O)[O-])c3)c2)n1. The fourth-order valence-corrected chi connectivity index (χ4v) is 2.57. The van der Waals surface area contributed by atoms with Crippen LogP contribution < -0.4 is 5.32 Å². The molecule has 1 amide bonds. The summed E-state index contributed by atoms with van der Waals surface area (Å²) in [5, 5.41) is 18.0. The summed E-state index contributed by atoms with van der Waals surface area (Å²) in [5.74, 6) is -0.408. The summed E-state index contributed by atoms with van der Waals surface area (Å²) in [6.45, 7) is 3.87. The van der Waals surface area contributed by atoms with E-state index >= 15 is 0 Å². The lowest BCUT2D eigenvalue weighted by Crippen LogP contribution is -2.12. The van der Waals surface area contributed by atoms with Crippen LogP contribution in [-0.4, -0.2) is 20.6 Å². The summed E-state index contributed by atoms with van der Waals surface area (Å²) in [7, 11) is 0. The number of carbonyl (C=O) groups excluding carboxylic acids is 1. The van der Waals surface area contributed by atoms with Gasteiger partial charge < -0.3 is 5.32 Å². The van der Waals surface area contributed by atoms with E-state index in [2.05, 4.69) is 10.4 Å². The summed E-state index contributed by atoms with van der Waals surface area (Å²) in [6, 6.07) is 14.8. The van der Waals surface area contributed by atoms with Gasteiger partial charge in [-0.25, -0.2) is 4.68 Å². The minimum Gasteiger partial charge on any atom is -0.322 e. The van der Waals surface area contributed by atoms with Gasteiger partial charge in [-0.05, 0) is 44.2 Å². The van der Waals surface area contributed by atoms with E-state index in [9.17, 15) is 14.9 Å². The molecule has 0 saturated carbocycles. The number of nitro benzene ring substituents is 1. The van der Waals surface area contributed by atoms with E-state index in [1.165, 1.54) is 24.3 Å². The first kappa shape index (κ1) is 16.4. The standard InChI is InChI=1S/C18H16N4O3/c1-12-9-13(2)21(20-12)16-7-4-6-15(11-16)19-18(23)14-5-3-8-17(10-14)22(24)25/h3-11H,1-2H3,(H,19,23). The highest BCUT2D eigenvalue weighted by Gasteiger charge is 2.12. The van der Waals surface area contributed by atoms with Crippen LogP contribution in [0.4, 0.5) is 11.4 Å². The zero-order valence-electron chi connectivity index (χ0n) is 13.8. The Morgan fingerprint density at radius 2 is 1.88 bits per heavy atom. The summed E-state index contributed by atoms with van der Waals surface area (Å²) in [4.78, 5) is 22.7. The maximum Gasteiger partial charge on any atom is 0.270 e. The molecule has 0 atom stereocenters. The highest BCUT2D eigenvalue weighted by Crippen LogP contribution is 2.19. The van der Waals surface area contributed by atoms with Gasteiger partial charge in [-0.3, -0.25) is 14.9 Å². The quantitative estimate of drug-likeness (QED) is 0.581. The summed E-state index contributed by atoms with van der Waals surface area (Å²) in [6.07, 6.45) is 0. The molecule has 1 N–H and O–H groups in total. The molecule has 0 bridgehead atoms. The van der Waals surface area contributed by atoms with Gasteiger partial charge in [-0.2, -0.15) is 5.10 Å². The Balaban J connectivity index is 1.85. The van der Waals surface area contributed by atoms with Crippen molar-refractivity contribution in [2.45, 2.75) is 13.8 Å². The summed E-state index contributed by atoms with van der Waals surface area (Å²) >= 11 is 0. The molecule has 0 saturated heterocycles. The average molecular weight is 336 g/mol. The van der Waals surface area contributed by atoms with Crippen LogP contribution in [0.25, 0.3) is 5.69 Å².